The lowest BCUT2D eigenvalue weighted by Gasteiger charge is -2.37. The number of benzene rings is 2. The number of methoxy groups -OCH3 is 1. The smallest absolute Gasteiger partial charge is 0.334 e. The number of likely N-dealkylation sites (tertiary alicyclic amines) is 1. The standard InChI is InChI=1S/C53H62N4O4/c1-8-11-32-54-51(58)50(52(59)57(53(54)60)36(6)33-61-7)47-39(28-30-43-41-22-12-18-37-20-14-24-45(48(37)41)55(43)34(4)16-9-2)26-27-40(47)29-31-44-42-23-13-19-38-21-15-25-46(49(38)42)56(44)35(5)17-10-3/h12-15,18-25,28-31,34-36,45,48H,8-11,16-17,26-27,32-33H2,1-7H3/b39-28-,40-29+,43-30-,44-31-,50-47-. The van der Waals surface area contributed by atoms with Crippen LogP contribution in [0.2, 0.25) is 0 Å². The van der Waals surface area contributed by atoms with E-state index in [2.05, 4.69) is 134 Å². The summed E-state index contributed by atoms with van der Waals surface area (Å²) in [6.45, 7) is 13.3. The molecule has 0 bridgehead atoms. The molecule has 5 aliphatic rings. The number of carbonyl (C=O) groups is 3. The van der Waals surface area contributed by atoms with Gasteiger partial charge in [0.15, 0.2) is 0 Å². The summed E-state index contributed by atoms with van der Waals surface area (Å²) >= 11 is 0. The lowest BCUT2D eigenvalue weighted by Crippen LogP contribution is -2.60. The lowest BCUT2D eigenvalue weighted by molar-refractivity contribution is -0.137. The van der Waals surface area contributed by atoms with Gasteiger partial charge in [-0.1, -0.05) is 119 Å². The number of hydrogen-bond acceptors (Lipinski definition) is 5. The monoisotopic (exact) mass is 818 g/mol. The minimum Gasteiger partial charge on any atom is -0.383 e. The van der Waals surface area contributed by atoms with E-state index in [1.54, 1.807) is 7.11 Å². The van der Waals surface area contributed by atoms with Crippen LogP contribution >= 0.6 is 0 Å². The molecule has 318 valence electrons. The van der Waals surface area contributed by atoms with Crippen LogP contribution < -0.4 is 5.35 Å². The van der Waals surface area contributed by atoms with Crippen molar-refractivity contribution in [3.63, 3.8) is 0 Å². The second-order valence-electron chi connectivity index (χ2n) is 17.5. The fourth-order valence-corrected chi connectivity index (χ4v) is 10.7. The van der Waals surface area contributed by atoms with Crippen LogP contribution in [0.1, 0.15) is 99.0 Å². The van der Waals surface area contributed by atoms with Crippen molar-refractivity contribution in [3.8, 4) is 0 Å². The first kappa shape index (κ1) is 42.2. The van der Waals surface area contributed by atoms with Crippen LogP contribution in [0.5, 0.6) is 0 Å². The summed E-state index contributed by atoms with van der Waals surface area (Å²) in [5, 5.41) is 4.75. The maximum Gasteiger partial charge on any atom is 0.334 e. The molecule has 1 aromatic heterocycles. The first-order valence-corrected chi connectivity index (χ1v) is 22.8. The van der Waals surface area contributed by atoms with Gasteiger partial charge in [0, 0.05) is 59.0 Å². The topological polar surface area (TPSA) is 75.1 Å². The molecule has 8 nitrogen and oxygen atoms in total. The molecule has 0 spiro atoms. The Kier molecular flexibility index (Phi) is 12.4. The third-order valence-electron chi connectivity index (χ3n) is 13.5. The van der Waals surface area contributed by atoms with E-state index < -0.39 is 23.9 Å². The van der Waals surface area contributed by atoms with E-state index in [9.17, 15) is 14.4 Å². The van der Waals surface area contributed by atoms with Gasteiger partial charge in [0.05, 0.1) is 18.7 Å². The average Bonchev–Trinajstić information content (AvgIpc) is 3.91. The molecule has 8 heteroatoms. The summed E-state index contributed by atoms with van der Waals surface area (Å²) in [4.78, 5) is 48.9. The molecule has 5 unspecified atom stereocenters. The maximum absolute atomic E-state index is 14.9. The van der Waals surface area contributed by atoms with Crippen LogP contribution in [0.15, 0.2) is 130 Å². The number of unbranched alkanes of at least 4 members (excludes halogenated alkanes) is 1. The van der Waals surface area contributed by atoms with Crippen molar-refractivity contribution in [3.05, 3.63) is 136 Å². The highest BCUT2D eigenvalue weighted by Gasteiger charge is 2.47. The summed E-state index contributed by atoms with van der Waals surface area (Å²) in [6.07, 6.45) is 29.1. The van der Waals surface area contributed by atoms with Gasteiger partial charge in [0.1, 0.15) is 5.57 Å². The molecular weight excluding hydrogens is 757 g/mol. The summed E-state index contributed by atoms with van der Waals surface area (Å²) in [7, 11) is 1.57. The number of allylic oxidation sites excluding steroid dienone is 12. The largest absolute Gasteiger partial charge is 0.383 e. The number of aromatic nitrogens is 1. The summed E-state index contributed by atoms with van der Waals surface area (Å²) < 4.78 is 7.94. The number of nitrogens with zero attached hydrogens (tertiary/aromatic N) is 4. The van der Waals surface area contributed by atoms with Crippen LogP contribution in [0, 0.1) is 5.92 Å². The number of imide groups is 2. The number of rotatable bonds is 14. The van der Waals surface area contributed by atoms with Gasteiger partial charge in [0.2, 0.25) is 0 Å². The number of carbonyl (C=O) groups excluding carboxylic acids is 3. The molecule has 0 radical (unpaired) electrons. The van der Waals surface area contributed by atoms with Crippen molar-refractivity contribution in [2.45, 2.75) is 117 Å². The maximum atomic E-state index is 14.9. The number of amides is 4. The van der Waals surface area contributed by atoms with E-state index in [4.69, 9.17) is 4.74 Å². The number of hydrogen-bond donors (Lipinski definition) is 0. The molecule has 3 heterocycles. The Morgan fingerprint density at radius 3 is 2.23 bits per heavy atom. The van der Waals surface area contributed by atoms with Gasteiger partial charge in [-0.3, -0.25) is 19.4 Å². The zero-order valence-corrected chi connectivity index (χ0v) is 37.1. The van der Waals surface area contributed by atoms with E-state index in [1.807, 2.05) is 13.8 Å². The molecule has 5 atom stereocenters. The zero-order chi connectivity index (χ0) is 42.9. The van der Waals surface area contributed by atoms with Gasteiger partial charge >= 0.3 is 6.03 Å². The van der Waals surface area contributed by atoms with Crippen molar-refractivity contribution in [1.29, 1.82) is 0 Å². The van der Waals surface area contributed by atoms with Crippen molar-refractivity contribution in [2.75, 3.05) is 20.3 Å². The molecule has 0 N–H and O–H groups in total. The van der Waals surface area contributed by atoms with E-state index in [0.29, 0.717) is 30.9 Å². The molecule has 61 heavy (non-hydrogen) atoms. The van der Waals surface area contributed by atoms with Gasteiger partial charge in [0.25, 0.3) is 11.8 Å². The molecule has 2 aromatic carbocycles. The highest BCUT2D eigenvalue weighted by molar-refractivity contribution is 6.30. The molecule has 2 aliphatic heterocycles. The molecule has 8 rings (SSSR count). The fraction of sp³-hybridized carbons (Fsp3) is 0.415. The third kappa shape index (κ3) is 7.41. The Labute approximate surface area is 361 Å². The summed E-state index contributed by atoms with van der Waals surface area (Å²) in [6, 6.07) is 12.7. The van der Waals surface area contributed by atoms with Crippen LogP contribution in [0.4, 0.5) is 4.79 Å². The van der Waals surface area contributed by atoms with Crippen molar-refractivity contribution < 1.29 is 19.1 Å². The second kappa shape index (κ2) is 17.9. The summed E-state index contributed by atoms with van der Waals surface area (Å²) in [5.41, 5.74) is 7.59. The first-order chi connectivity index (χ1) is 29.6. The molecule has 2 saturated heterocycles. The molecule has 3 aromatic rings. The Morgan fingerprint density at radius 2 is 1.51 bits per heavy atom. The Morgan fingerprint density at radius 1 is 0.787 bits per heavy atom. The highest BCUT2D eigenvalue weighted by Crippen LogP contribution is 2.48. The van der Waals surface area contributed by atoms with Gasteiger partial charge < -0.3 is 14.2 Å². The Balaban J connectivity index is 1.36. The fourth-order valence-electron chi connectivity index (χ4n) is 10.7. The third-order valence-corrected chi connectivity index (χ3v) is 13.5. The van der Waals surface area contributed by atoms with Gasteiger partial charge in [-0.25, -0.2) is 4.79 Å². The number of urea groups is 1. The molecule has 3 aliphatic carbocycles. The van der Waals surface area contributed by atoms with E-state index >= 15 is 0 Å². The lowest BCUT2D eigenvalue weighted by atomic mass is 9.81. The van der Waals surface area contributed by atoms with Gasteiger partial charge in [-0.05, 0) is 104 Å². The Bertz CT molecular complexity index is 2550. The van der Waals surface area contributed by atoms with Crippen LogP contribution in [0.25, 0.3) is 27.8 Å². The predicted molar refractivity (Wildman–Crippen MR) is 247 cm³/mol. The normalized spacial score (nSPS) is 25.3. The van der Waals surface area contributed by atoms with E-state index in [1.165, 1.54) is 48.3 Å². The summed E-state index contributed by atoms with van der Waals surface area (Å²) in [5.74, 6) is -0.807. The number of ether oxygens (including phenoxy) is 1. The van der Waals surface area contributed by atoms with E-state index in [0.717, 1.165) is 48.6 Å². The van der Waals surface area contributed by atoms with Gasteiger partial charge in [-0.2, -0.15) is 0 Å². The second-order valence-corrected chi connectivity index (χ2v) is 17.5. The van der Waals surface area contributed by atoms with E-state index in [-0.39, 0.29) is 36.7 Å². The molecule has 1 saturated carbocycles. The minimum atomic E-state index is -0.573. The molecule has 3 fully saturated rings. The highest BCUT2D eigenvalue weighted by atomic mass is 16.5. The number of barbiturate groups is 1. The van der Waals surface area contributed by atoms with Crippen molar-refractivity contribution >= 4 is 45.6 Å². The van der Waals surface area contributed by atoms with Crippen molar-refractivity contribution in [1.82, 2.24) is 19.3 Å². The van der Waals surface area contributed by atoms with Crippen molar-refractivity contribution in [2.24, 2.45) is 5.92 Å². The minimum absolute atomic E-state index is 0.0720. The molecular formula is C53H62N4O4. The zero-order valence-electron chi connectivity index (χ0n) is 37.1. The van der Waals surface area contributed by atoms with Crippen LogP contribution in [0.3, 0.4) is 0 Å². The first-order valence-electron chi connectivity index (χ1n) is 22.8. The Hall–Kier alpha value is -5.47. The van der Waals surface area contributed by atoms with Gasteiger partial charge in [-0.15, -0.1) is 0 Å². The average molecular weight is 819 g/mol. The predicted octanol–water partition coefficient (Wildman–Crippen LogP) is 10.6. The van der Waals surface area contributed by atoms with Crippen LogP contribution in [-0.4, -0.2) is 75.5 Å². The SMILES string of the molecule is CCCCN1C(=O)/C(=C2C(=C/C=C3/C4=CC=CC5=CC=CC(C54)N3C(C)CCC)\CCC\2=C/C=c2/c3cccc4cccc(c43)n2C(C)CCC)C(=O)N(C(C)COC)C1=O. The van der Waals surface area contributed by atoms with Crippen LogP contribution in [-0.2, 0) is 14.3 Å². The quantitative estimate of drug-likeness (QED) is 0.120. The molecule has 4 amide bonds.